The molecule has 0 amide bonds. The molecule has 0 aromatic carbocycles. The van der Waals surface area contributed by atoms with Crippen LogP contribution in [0.4, 0.5) is 0 Å². The van der Waals surface area contributed by atoms with Crippen LogP contribution >= 0.6 is 0 Å². The SMILES string of the molecule is C=C(C)CC(C)[N+](C)(C)CCCS(=O)(=O)O. The number of nitrogens with zero attached hydrogens (tertiary/aromatic N) is 1. The third-order valence-electron chi connectivity index (χ3n) is 2.97. The minimum atomic E-state index is -3.82. The highest BCUT2D eigenvalue weighted by molar-refractivity contribution is 7.85. The molecule has 0 aliphatic heterocycles. The predicted octanol–water partition coefficient (Wildman–Crippen LogP) is 1.70. The maximum Gasteiger partial charge on any atom is 0.265 e. The molecule has 0 radical (unpaired) electrons. The average molecular weight is 250 g/mol. The van der Waals surface area contributed by atoms with Crippen molar-refractivity contribution in [1.82, 2.24) is 0 Å². The minimum Gasteiger partial charge on any atom is -0.326 e. The predicted molar refractivity (Wildman–Crippen MR) is 66.9 cm³/mol. The zero-order chi connectivity index (χ0) is 13.0. The van der Waals surface area contributed by atoms with Gasteiger partial charge in [0.25, 0.3) is 10.1 Å². The Morgan fingerprint density at radius 3 is 2.31 bits per heavy atom. The Labute approximate surface area is 99.3 Å². The van der Waals surface area contributed by atoms with Crippen molar-refractivity contribution in [3.05, 3.63) is 12.2 Å². The number of quaternary nitrogens is 1. The molecule has 0 spiro atoms. The van der Waals surface area contributed by atoms with Gasteiger partial charge in [-0.15, -0.1) is 0 Å². The molecule has 0 heterocycles. The van der Waals surface area contributed by atoms with Gasteiger partial charge in [-0.3, -0.25) is 4.55 Å². The second-order valence-corrected chi connectivity index (χ2v) is 6.72. The van der Waals surface area contributed by atoms with E-state index in [1.165, 1.54) is 0 Å². The zero-order valence-corrected chi connectivity index (χ0v) is 11.5. The summed E-state index contributed by atoms with van der Waals surface area (Å²) in [5, 5.41) is 0. The third-order valence-corrected chi connectivity index (χ3v) is 3.78. The van der Waals surface area contributed by atoms with E-state index >= 15 is 0 Å². The molecule has 5 heteroatoms. The Bertz CT molecular complexity index is 333. The quantitative estimate of drug-likeness (QED) is 0.425. The first kappa shape index (κ1) is 15.6. The van der Waals surface area contributed by atoms with Crippen molar-refractivity contribution in [2.75, 3.05) is 26.4 Å². The lowest BCUT2D eigenvalue weighted by atomic mass is 10.1. The minimum absolute atomic E-state index is 0.158. The lowest BCUT2D eigenvalue weighted by Gasteiger charge is -2.36. The molecule has 0 saturated heterocycles. The molecule has 0 aromatic heterocycles. The Morgan fingerprint density at radius 2 is 1.94 bits per heavy atom. The van der Waals surface area contributed by atoms with E-state index in [0.29, 0.717) is 12.5 Å². The first-order chi connectivity index (χ1) is 7.04. The molecule has 0 saturated carbocycles. The van der Waals surface area contributed by atoms with E-state index in [-0.39, 0.29) is 5.75 Å². The van der Waals surface area contributed by atoms with Gasteiger partial charge >= 0.3 is 0 Å². The molecule has 1 atom stereocenters. The Balaban J connectivity index is 4.18. The van der Waals surface area contributed by atoms with Crippen LogP contribution in [-0.2, 0) is 10.1 Å². The maximum atomic E-state index is 10.6. The van der Waals surface area contributed by atoms with Gasteiger partial charge in [0, 0.05) is 12.8 Å². The fourth-order valence-corrected chi connectivity index (χ4v) is 2.12. The van der Waals surface area contributed by atoms with Crippen molar-refractivity contribution in [2.24, 2.45) is 0 Å². The van der Waals surface area contributed by atoms with Crippen molar-refractivity contribution < 1.29 is 17.5 Å². The molecule has 4 nitrogen and oxygen atoms in total. The van der Waals surface area contributed by atoms with Crippen LogP contribution in [0, 0.1) is 0 Å². The van der Waals surface area contributed by atoms with Gasteiger partial charge in [0.2, 0.25) is 0 Å². The second kappa shape index (κ2) is 5.80. The van der Waals surface area contributed by atoms with E-state index in [4.69, 9.17) is 4.55 Å². The summed E-state index contributed by atoms with van der Waals surface area (Å²) in [4.78, 5) is 0. The number of hydrogen-bond donors (Lipinski definition) is 1. The highest BCUT2D eigenvalue weighted by Crippen LogP contribution is 2.15. The van der Waals surface area contributed by atoms with Gasteiger partial charge in [0.05, 0.1) is 32.4 Å². The summed E-state index contributed by atoms with van der Waals surface area (Å²) in [6.07, 6.45) is 1.41. The zero-order valence-electron chi connectivity index (χ0n) is 10.7. The van der Waals surface area contributed by atoms with Gasteiger partial charge in [0.1, 0.15) is 0 Å². The van der Waals surface area contributed by atoms with Crippen molar-refractivity contribution in [3.8, 4) is 0 Å². The molecule has 0 aliphatic rings. The summed E-state index contributed by atoms with van der Waals surface area (Å²) < 4.78 is 30.6. The fraction of sp³-hybridized carbons (Fsp3) is 0.818. The van der Waals surface area contributed by atoms with Crippen LogP contribution in [0.25, 0.3) is 0 Å². The van der Waals surface area contributed by atoms with Crippen LogP contribution in [0.1, 0.15) is 26.7 Å². The summed E-state index contributed by atoms with van der Waals surface area (Å²) in [6.45, 7) is 8.73. The second-order valence-electron chi connectivity index (χ2n) is 5.15. The van der Waals surface area contributed by atoms with Crippen molar-refractivity contribution in [3.63, 3.8) is 0 Å². The molecule has 1 N–H and O–H groups in total. The lowest BCUT2D eigenvalue weighted by molar-refractivity contribution is -0.912. The van der Waals surface area contributed by atoms with Gasteiger partial charge in [-0.1, -0.05) is 12.2 Å². The van der Waals surface area contributed by atoms with E-state index in [9.17, 15) is 8.42 Å². The summed E-state index contributed by atoms with van der Waals surface area (Å²) in [7, 11) is 0.311. The lowest BCUT2D eigenvalue weighted by Crippen LogP contribution is -2.48. The Hall–Kier alpha value is -0.390. The number of rotatable bonds is 7. The van der Waals surface area contributed by atoms with Crippen molar-refractivity contribution >= 4 is 10.1 Å². The summed E-state index contributed by atoms with van der Waals surface area (Å²) in [5.74, 6) is -0.158. The molecule has 0 aromatic rings. The highest BCUT2D eigenvalue weighted by atomic mass is 32.2. The normalized spacial score (nSPS) is 14.8. The highest BCUT2D eigenvalue weighted by Gasteiger charge is 2.24. The first-order valence-electron chi connectivity index (χ1n) is 5.47. The van der Waals surface area contributed by atoms with E-state index in [1.807, 2.05) is 6.92 Å². The van der Waals surface area contributed by atoms with Crippen LogP contribution in [0.2, 0.25) is 0 Å². The van der Waals surface area contributed by atoms with Gasteiger partial charge in [-0.25, -0.2) is 0 Å². The van der Waals surface area contributed by atoms with E-state index < -0.39 is 10.1 Å². The van der Waals surface area contributed by atoms with Gasteiger partial charge in [-0.05, 0) is 13.8 Å². The topological polar surface area (TPSA) is 54.4 Å². The molecular weight excluding hydrogens is 226 g/mol. The molecule has 0 aliphatic carbocycles. The monoisotopic (exact) mass is 250 g/mol. The van der Waals surface area contributed by atoms with Crippen molar-refractivity contribution in [2.45, 2.75) is 32.7 Å². The van der Waals surface area contributed by atoms with Gasteiger partial charge in [0.15, 0.2) is 0 Å². The van der Waals surface area contributed by atoms with Crippen LogP contribution < -0.4 is 0 Å². The molecule has 96 valence electrons. The van der Waals surface area contributed by atoms with E-state index in [1.54, 1.807) is 0 Å². The van der Waals surface area contributed by atoms with Crippen LogP contribution in [0.15, 0.2) is 12.2 Å². The number of hydrogen-bond acceptors (Lipinski definition) is 2. The van der Waals surface area contributed by atoms with Crippen molar-refractivity contribution in [1.29, 1.82) is 0 Å². The smallest absolute Gasteiger partial charge is 0.265 e. The summed E-state index contributed by atoms with van der Waals surface area (Å²) >= 11 is 0. The van der Waals surface area contributed by atoms with Crippen LogP contribution in [0.5, 0.6) is 0 Å². The summed E-state index contributed by atoms with van der Waals surface area (Å²) in [5.41, 5.74) is 1.13. The molecule has 16 heavy (non-hydrogen) atoms. The molecule has 0 bridgehead atoms. The maximum absolute atomic E-state index is 10.6. The Morgan fingerprint density at radius 1 is 1.44 bits per heavy atom. The third kappa shape index (κ3) is 6.98. The van der Waals surface area contributed by atoms with E-state index in [0.717, 1.165) is 23.0 Å². The largest absolute Gasteiger partial charge is 0.326 e. The first-order valence-corrected chi connectivity index (χ1v) is 7.08. The molecule has 0 rings (SSSR count). The molecule has 1 unspecified atom stereocenters. The van der Waals surface area contributed by atoms with Crippen LogP contribution in [-0.4, -0.2) is 49.9 Å². The summed E-state index contributed by atoms with van der Waals surface area (Å²) in [6, 6.07) is 0.402. The van der Waals surface area contributed by atoms with Gasteiger partial charge in [-0.2, -0.15) is 8.42 Å². The standard InChI is InChI=1S/C11H23NO3S/c1-10(2)9-11(3)12(4,5)7-6-8-16(13,14)15/h11H,1,6-9H2,2-5H3/p+1. The van der Waals surface area contributed by atoms with Gasteiger partial charge < -0.3 is 4.48 Å². The van der Waals surface area contributed by atoms with E-state index in [2.05, 4.69) is 27.6 Å². The molecule has 0 fully saturated rings. The average Bonchev–Trinajstić information content (AvgIpc) is 1.99. The molecular formula is C11H24NO3S+. The fourth-order valence-electron chi connectivity index (χ4n) is 1.63. The Kier molecular flexibility index (Phi) is 5.65. The van der Waals surface area contributed by atoms with Crippen LogP contribution in [0.3, 0.4) is 0 Å².